The highest BCUT2D eigenvalue weighted by Gasteiger charge is 2.27. The van der Waals surface area contributed by atoms with E-state index in [0.29, 0.717) is 27.4 Å². The molecule has 0 saturated heterocycles. The highest BCUT2D eigenvalue weighted by molar-refractivity contribution is 8.09. The Labute approximate surface area is 192 Å². The first-order chi connectivity index (χ1) is 15.4. The van der Waals surface area contributed by atoms with Gasteiger partial charge in [0, 0.05) is 24.5 Å². The van der Waals surface area contributed by atoms with Crippen LogP contribution < -0.4 is 20.1 Å². The molecule has 1 heterocycles. The zero-order chi connectivity index (χ0) is 24.2. The second kappa shape index (κ2) is 9.46. The number of rotatable bonds is 9. The third kappa shape index (κ3) is 6.20. The number of carbonyl (C=O) groups is 1. The van der Waals surface area contributed by atoms with Crippen LogP contribution in [0.5, 0.6) is 0 Å². The lowest BCUT2D eigenvalue weighted by molar-refractivity contribution is 0.100. The molecule has 10 nitrogen and oxygen atoms in total. The third-order valence-corrected chi connectivity index (χ3v) is 7.70. The van der Waals surface area contributed by atoms with Crippen LogP contribution in [0.3, 0.4) is 0 Å². The summed E-state index contributed by atoms with van der Waals surface area (Å²) in [4.78, 5) is 16.0. The summed E-state index contributed by atoms with van der Waals surface area (Å²) in [7, 11) is -8.07. The summed E-state index contributed by atoms with van der Waals surface area (Å²) in [5.74, 6) is -0.234. The quantitative estimate of drug-likeness (QED) is 0.414. The first-order valence-electron chi connectivity index (χ1n) is 9.60. The van der Waals surface area contributed by atoms with Crippen LogP contribution >= 0.6 is 0 Å². The van der Waals surface area contributed by atoms with Gasteiger partial charge in [0.05, 0.1) is 29.4 Å². The average molecular weight is 490 g/mol. The predicted molar refractivity (Wildman–Crippen MR) is 128 cm³/mol. The number of nitrogens with two attached hydrogens (primary N) is 1. The molecule has 0 aliphatic carbocycles. The molecule has 1 aromatic heterocycles. The number of hydrogen-bond donors (Lipinski definition) is 3. The third-order valence-electron chi connectivity index (χ3n) is 4.45. The molecule has 3 aromatic rings. The summed E-state index contributed by atoms with van der Waals surface area (Å²) >= 11 is 0. The van der Waals surface area contributed by atoms with Crippen LogP contribution in [0.2, 0.25) is 0 Å². The number of nitrogens with one attached hydrogen (secondary N) is 2. The second-order valence-electron chi connectivity index (χ2n) is 7.21. The molecular formula is C21H23N5O5S2. The molecule has 4 N–H and O–H groups in total. The van der Waals surface area contributed by atoms with Crippen molar-refractivity contribution >= 4 is 48.8 Å². The SMILES string of the molecule is CS(=O)(=O)N(c1ccc(Nc2cc(NCc3ccccc3)c(C(N)=O)cn2)cc1)S(C)(=O)=O. The number of benzene rings is 2. The van der Waals surface area contributed by atoms with Crippen molar-refractivity contribution in [1.82, 2.24) is 4.98 Å². The Morgan fingerprint density at radius 2 is 1.58 bits per heavy atom. The predicted octanol–water partition coefficient (Wildman–Crippen LogP) is 2.26. The summed E-state index contributed by atoms with van der Waals surface area (Å²) in [6, 6.07) is 17.0. The van der Waals surface area contributed by atoms with Gasteiger partial charge in [-0.15, -0.1) is 0 Å². The maximum atomic E-state index is 11.9. The minimum absolute atomic E-state index is 0.0206. The molecule has 3 rings (SSSR count). The van der Waals surface area contributed by atoms with Crippen LogP contribution in [0.1, 0.15) is 15.9 Å². The summed E-state index contributed by atoms with van der Waals surface area (Å²) in [6.45, 7) is 0.464. The average Bonchev–Trinajstić information content (AvgIpc) is 2.72. The molecule has 2 aromatic carbocycles. The lowest BCUT2D eigenvalue weighted by Crippen LogP contribution is -2.35. The summed E-state index contributed by atoms with van der Waals surface area (Å²) < 4.78 is 48.0. The Bertz CT molecular complexity index is 1330. The summed E-state index contributed by atoms with van der Waals surface area (Å²) in [5.41, 5.74) is 7.68. The van der Waals surface area contributed by atoms with Crippen LogP contribution in [0, 0.1) is 0 Å². The van der Waals surface area contributed by atoms with E-state index in [2.05, 4.69) is 15.6 Å². The van der Waals surface area contributed by atoms with Gasteiger partial charge in [-0.25, -0.2) is 21.8 Å². The fourth-order valence-electron chi connectivity index (χ4n) is 3.10. The van der Waals surface area contributed by atoms with Gasteiger partial charge in [0.25, 0.3) is 5.91 Å². The molecule has 0 unspecified atom stereocenters. The molecule has 0 aliphatic rings. The van der Waals surface area contributed by atoms with Gasteiger partial charge < -0.3 is 16.4 Å². The Morgan fingerprint density at radius 1 is 0.970 bits per heavy atom. The highest BCUT2D eigenvalue weighted by atomic mass is 32.3. The molecule has 0 fully saturated rings. The fourth-order valence-corrected chi connectivity index (χ4v) is 6.08. The van der Waals surface area contributed by atoms with Crippen LogP contribution in [0.15, 0.2) is 66.9 Å². The van der Waals surface area contributed by atoms with Crippen molar-refractivity contribution in [2.24, 2.45) is 5.73 Å². The monoisotopic (exact) mass is 489 g/mol. The van der Waals surface area contributed by atoms with E-state index in [1.807, 2.05) is 30.3 Å². The van der Waals surface area contributed by atoms with Crippen molar-refractivity contribution in [3.8, 4) is 0 Å². The minimum atomic E-state index is -4.03. The zero-order valence-electron chi connectivity index (χ0n) is 17.9. The van der Waals surface area contributed by atoms with Gasteiger partial charge in [-0.2, -0.15) is 3.71 Å². The van der Waals surface area contributed by atoms with Crippen molar-refractivity contribution < 1.29 is 21.6 Å². The van der Waals surface area contributed by atoms with Gasteiger partial charge in [0.1, 0.15) is 5.82 Å². The normalized spacial score (nSPS) is 11.6. The fraction of sp³-hybridized carbons (Fsp3) is 0.143. The first kappa shape index (κ1) is 24.0. The van der Waals surface area contributed by atoms with Crippen LogP contribution in [0.25, 0.3) is 0 Å². The molecule has 0 aliphatic heterocycles. The van der Waals surface area contributed by atoms with E-state index < -0.39 is 26.0 Å². The number of nitrogens with zero attached hydrogens (tertiary/aromatic N) is 2. The van der Waals surface area contributed by atoms with Gasteiger partial charge in [-0.1, -0.05) is 30.3 Å². The molecule has 0 saturated carbocycles. The number of carbonyl (C=O) groups excluding carboxylic acids is 1. The smallest absolute Gasteiger partial charge is 0.252 e. The molecule has 174 valence electrons. The summed E-state index contributed by atoms with van der Waals surface area (Å²) in [5, 5.41) is 6.21. The van der Waals surface area contributed by atoms with E-state index in [1.54, 1.807) is 6.07 Å². The minimum Gasteiger partial charge on any atom is -0.380 e. The Hall–Kier alpha value is -3.64. The van der Waals surface area contributed by atoms with Crippen molar-refractivity contribution in [3.05, 3.63) is 78.0 Å². The van der Waals surface area contributed by atoms with E-state index in [-0.39, 0.29) is 11.3 Å². The number of primary amides is 1. The maximum Gasteiger partial charge on any atom is 0.252 e. The van der Waals surface area contributed by atoms with Crippen molar-refractivity contribution in [3.63, 3.8) is 0 Å². The number of aromatic nitrogens is 1. The van der Waals surface area contributed by atoms with Crippen LogP contribution in [-0.2, 0) is 26.6 Å². The number of pyridine rings is 1. The Morgan fingerprint density at radius 3 is 2.12 bits per heavy atom. The van der Waals surface area contributed by atoms with Gasteiger partial charge in [0.15, 0.2) is 0 Å². The molecule has 1 amide bonds. The molecule has 12 heteroatoms. The van der Waals surface area contributed by atoms with Crippen molar-refractivity contribution in [2.45, 2.75) is 6.54 Å². The van der Waals surface area contributed by atoms with E-state index in [9.17, 15) is 21.6 Å². The molecular weight excluding hydrogens is 466 g/mol. The molecule has 0 bridgehead atoms. The van der Waals surface area contributed by atoms with E-state index in [1.165, 1.54) is 30.5 Å². The van der Waals surface area contributed by atoms with Crippen molar-refractivity contribution in [1.29, 1.82) is 0 Å². The van der Waals surface area contributed by atoms with Crippen LogP contribution in [-0.4, -0.2) is 40.2 Å². The van der Waals surface area contributed by atoms with Crippen molar-refractivity contribution in [2.75, 3.05) is 26.9 Å². The van der Waals surface area contributed by atoms with Gasteiger partial charge in [-0.3, -0.25) is 4.79 Å². The van der Waals surface area contributed by atoms with Gasteiger partial charge >= 0.3 is 0 Å². The molecule has 33 heavy (non-hydrogen) atoms. The zero-order valence-corrected chi connectivity index (χ0v) is 19.5. The molecule has 0 spiro atoms. The first-order valence-corrected chi connectivity index (χ1v) is 13.3. The number of sulfonamides is 2. The second-order valence-corrected chi connectivity index (χ2v) is 11.1. The van der Waals surface area contributed by atoms with E-state index in [0.717, 1.165) is 18.1 Å². The van der Waals surface area contributed by atoms with E-state index >= 15 is 0 Å². The molecule has 0 radical (unpaired) electrons. The largest absolute Gasteiger partial charge is 0.380 e. The number of hydrogen-bond acceptors (Lipinski definition) is 8. The Balaban J connectivity index is 1.83. The van der Waals surface area contributed by atoms with Crippen LogP contribution in [0.4, 0.5) is 22.9 Å². The Kier molecular flexibility index (Phi) is 6.89. The van der Waals surface area contributed by atoms with Gasteiger partial charge in [-0.05, 0) is 29.8 Å². The highest BCUT2D eigenvalue weighted by Crippen LogP contribution is 2.26. The lowest BCUT2D eigenvalue weighted by atomic mass is 10.2. The molecule has 0 atom stereocenters. The lowest BCUT2D eigenvalue weighted by Gasteiger charge is -2.20. The topological polar surface area (TPSA) is 152 Å². The number of anilines is 4. The van der Waals surface area contributed by atoms with Gasteiger partial charge in [0.2, 0.25) is 20.0 Å². The summed E-state index contributed by atoms with van der Waals surface area (Å²) in [6.07, 6.45) is 2.98. The number of amides is 1. The van der Waals surface area contributed by atoms with E-state index in [4.69, 9.17) is 5.73 Å². The standard InChI is InChI=1S/C21H23N5O5S2/c1-32(28,29)26(33(2,30)31)17-10-8-16(9-11-17)25-20-12-19(18(14-24-20)21(22)27)23-13-15-6-4-3-5-7-15/h3-12,14H,13H2,1-2H3,(H2,22,27)(H2,23,24,25). The maximum absolute atomic E-state index is 11.9.